The number of halogens is 1. The Balaban J connectivity index is 2.06. The molecule has 24 heavy (non-hydrogen) atoms. The number of rotatable bonds is 8. The number of hydrogen-bond acceptors (Lipinski definition) is 5. The Labute approximate surface area is 146 Å². The minimum atomic E-state index is -0.0243. The molecule has 128 valence electrons. The lowest BCUT2D eigenvalue weighted by Crippen LogP contribution is -2.09. The molecule has 2 aromatic carbocycles. The van der Waals surface area contributed by atoms with E-state index in [0.29, 0.717) is 40.8 Å². The summed E-state index contributed by atoms with van der Waals surface area (Å²) < 4.78 is 15.8. The number of Topliss-reactive ketones (excluding diaryl/α,β-unsaturated/α-hetero) is 1. The quantitative estimate of drug-likeness (QED) is 0.728. The highest BCUT2D eigenvalue weighted by molar-refractivity contribution is 6.30. The highest BCUT2D eigenvalue weighted by Crippen LogP contribution is 2.38. The molecule has 1 N–H and O–H groups in total. The molecule has 2 rings (SSSR count). The van der Waals surface area contributed by atoms with Gasteiger partial charge in [-0.3, -0.25) is 4.79 Å². The fraction of sp³-hybridized carbons (Fsp3) is 0.278. The van der Waals surface area contributed by atoms with Crippen molar-refractivity contribution in [2.45, 2.75) is 6.42 Å². The van der Waals surface area contributed by atoms with Crippen molar-refractivity contribution in [2.75, 3.05) is 33.2 Å². The maximum atomic E-state index is 12.4. The number of ether oxygens (including phenoxy) is 3. The average Bonchev–Trinajstić information content (AvgIpc) is 2.60. The van der Waals surface area contributed by atoms with Crippen LogP contribution in [0.15, 0.2) is 36.4 Å². The zero-order valence-corrected chi connectivity index (χ0v) is 14.6. The van der Waals surface area contributed by atoms with Crippen molar-refractivity contribution in [3.05, 3.63) is 47.0 Å². The zero-order chi connectivity index (χ0) is 17.5. The third kappa shape index (κ3) is 4.32. The van der Waals surface area contributed by atoms with Crippen LogP contribution in [0.2, 0.25) is 5.02 Å². The Bertz CT molecular complexity index is 693. The molecule has 0 atom stereocenters. The Kier molecular flexibility index (Phi) is 6.32. The third-order valence-electron chi connectivity index (χ3n) is 3.49. The first-order chi connectivity index (χ1) is 11.6. The van der Waals surface area contributed by atoms with Gasteiger partial charge in [-0.25, -0.2) is 0 Å². The number of nitrogens with one attached hydrogen (secondary N) is 1. The van der Waals surface area contributed by atoms with Gasteiger partial charge in [0.15, 0.2) is 17.3 Å². The molecule has 0 amide bonds. The lowest BCUT2D eigenvalue weighted by Gasteiger charge is -2.14. The van der Waals surface area contributed by atoms with E-state index in [1.165, 1.54) is 21.3 Å². The van der Waals surface area contributed by atoms with Gasteiger partial charge in [0.1, 0.15) is 0 Å². The van der Waals surface area contributed by atoms with Gasteiger partial charge in [0.05, 0.1) is 21.3 Å². The van der Waals surface area contributed by atoms with Crippen molar-refractivity contribution in [3.63, 3.8) is 0 Å². The molecule has 6 heteroatoms. The summed E-state index contributed by atoms with van der Waals surface area (Å²) in [4.78, 5) is 12.4. The number of ketones is 1. The van der Waals surface area contributed by atoms with Gasteiger partial charge in [0.25, 0.3) is 0 Å². The van der Waals surface area contributed by atoms with Gasteiger partial charge in [0.2, 0.25) is 5.75 Å². The fourth-order valence-corrected chi connectivity index (χ4v) is 2.50. The van der Waals surface area contributed by atoms with Crippen LogP contribution in [0, 0.1) is 0 Å². The first-order valence-corrected chi connectivity index (χ1v) is 7.79. The largest absolute Gasteiger partial charge is 0.493 e. The predicted octanol–water partition coefficient (Wildman–Crippen LogP) is 4.05. The van der Waals surface area contributed by atoms with Gasteiger partial charge in [0, 0.05) is 29.2 Å². The second kappa shape index (κ2) is 8.45. The van der Waals surface area contributed by atoms with Crippen LogP contribution in [0.25, 0.3) is 0 Å². The van der Waals surface area contributed by atoms with E-state index >= 15 is 0 Å². The van der Waals surface area contributed by atoms with E-state index in [0.717, 1.165) is 5.69 Å². The number of carbonyl (C=O) groups excluding carboxylic acids is 1. The molecule has 0 aliphatic carbocycles. The summed E-state index contributed by atoms with van der Waals surface area (Å²) in [6.07, 6.45) is 0.325. The van der Waals surface area contributed by atoms with E-state index in [4.69, 9.17) is 25.8 Å². The van der Waals surface area contributed by atoms with E-state index in [-0.39, 0.29) is 5.78 Å². The average molecular weight is 350 g/mol. The third-order valence-corrected chi connectivity index (χ3v) is 3.73. The Morgan fingerprint density at radius 2 is 1.71 bits per heavy atom. The molecule has 0 saturated heterocycles. The van der Waals surface area contributed by atoms with Gasteiger partial charge in [-0.2, -0.15) is 0 Å². The molecule has 0 spiro atoms. The molecule has 0 bridgehead atoms. The molecule has 0 aliphatic heterocycles. The minimum absolute atomic E-state index is 0.0243. The lowest BCUT2D eigenvalue weighted by atomic mass is 10.1. The zero-order valence-electron chi connectivity index (χ0n) is 13.9. The van der Waals surface area contributed by atoms with Crippen molar-refractivity contribution in [2.24, 2.45) is 0 Å². The Morgan fingerprint density at radius 1 is 1.04 bits per heavy atom. The summed E-state index contributed by atoms with van der Waals surface area (Å²) in [5.74, 6) is 1.36. The Hall–Kier alpha value is -2.40. The van der Waals surface area contributed by atoms with Crippen LogP contribution in [0.3, 0.4) is 0 Å². The second-order valence-electron chi connectivity index (χ2n) is 5.02. The first kappa shape index (κ1) is 17.9. The monoisotopic (exact) mass is 349 g/mol. The van der Waals surface area contributed by atoms with Crippen LogP contribution < -0.4 is 19.5 Å². The molecular weight excluding hydrogens is 330 g/mol. The van der Waals surface area contributed by atoms with Crippen LogP contribution in [-0.4, -0.2) is 33.7 Å². The summed E-state index contributed by atoms with van der Waals surface area (Å²) in [7, 11) is 4.56. The fourth-order valence-electron chi connectivity index (χ4n) is 2.31. The Morgan fingerprint density at radius 3 is 2.25 bits per heavy atom. The van der Waals surface area contributed by atoms with Gasteiger partial charge in [-0.05, 0) is 30.3 Å². The van der Waals surface area contributed by atoms with Crippen molar-refractivity contribution in [1.29, 1.82) is 0 Å². The van der Waals surface area contributed by atoms with Gasteiger partial charge in [-0.1, -0.05) is 17.7 Å². The smallest absolute Gasteiger partial charge is 0.203 e. The van der Waals surface area contributed by atoms with Crippen LogP contribution in [0.4, 0.5) is 5.69 Å². The standard InChI is InChI=1S/C18H20ClNO4/c1-22-16-9-12(10-17(23-2)18(16)24-3)15(21)7-8-20-14-6-4-5-13(19)11-14/h4-6,9-11,20H,7-8H2,1-3H3. The summed E-state index contributed by atoms with van der Waals surface area (Å²) in [6, 6.07) is 10.7. The van der Waals surface area contributed by atoms with E-state index in [9.17, 15) is 4.79 Å². The minimum Gasteiger partial charge on any atom is -0.493 e. The van der Waals surface area contributed by atoms with E-state index in [1.54, 1.807) is 18.2 Å². The number of hydrogen-bond donors (Lipinski definition) is 1. The highest BCUT2D eigenvalue weighted by Gasteiger charge is 2.16. The van der Waals surface area contributed by atoms with E-state index < -0.39 is 0 Å². The van der Waals surface area contributed by atoms with Crippen molar-refractivity contribution >= 4 is 23.1 Å². The van der Waals surface area contributed by atoms with Crippen LogP contribution in [0.1, 0.15) is 16.8 Å². The van der Waals surface area contributed by atoms with Crippen LogP contribution in [0.5, 0.6) is 17.2 Å². The molecular formula is C18H20ClNO4. The number of carbonyl (C=O) groups is 1. The molecule has 0 aliphatic rings. The number of anilines is 1. The second-order valence-corrected chi connectivity index (χ2v) is 5.46. The maximum absolute atomic E-state index is 12.4. The topological polar surface area (TPSA) is 56.8 Å². The summed E-state index contributed by atoms with van der Waals surface area (Å²) in [6.45, 7) is 0.496. The van der Waals surface area contributed by atoms with Crippen molar-refractivity contribution in [3.8, 4) is 17.2 Å². The molecule has 0 heterocycles. The SMILES string of the molecule is COc1cc(C(=O)CCNc2cccc(Cl)c2)cc(OC)c1OC. The summed E-state index contributed by atoms with van der Waals surface area (Å²) in [5, 5.41) is 3.82. The van der Waals surface area contributed by atoms with Crippen LogP contribution in [-0.2, 0) is 0 Å². The van der Waals surface area contributed by atoms with Crippen molar-refractivity contribution in [1.82, 2.24) is 0 Å². The van der Waals surface area contributed by atoms with E-state index in [2.05, 4.69) is 5.32 Å². The summed E-state index contributed by atoms with van der Waals surface area (Å²) in [5.41, 5.74) is 1.39. The van der Waals surface area contributed by atoms with Crippen molar-refractivity contribution < 1.29 is 19.0 Å². The number of methoxy groups -OCH3 is 3. The maximum Gasteiger partial charge on any atom is 0.203 e. The molecule has 0 unspecified atom stereocenters. The van der Waals surface area contributed by atoms with E-state index in [1.807, 2.05) is 18.2 Å². The normalized spacial score (nSPS) is 10.2. The lowest BCUT2D eigenvalue weighted by molar-refractivity contribution is 0.0985. The number of benzene rings is 2. The molecule has 0 radical (unpaired) electrons. The first-order valence-electron chi connectivity index (χ1n) is 7.41. The molecule has 2 aromatic rings. The van der Waals surface area contributed by atoms with Gasteiger partial charge >= 0.3 is 0 Å². The predicted molar refractivity (Wildman–Crippen MR) is 95.0 cm³/mol. The highest BCUT2D eigenvalue weighted by atomic mass is 35.5. The molecule has 0 aromatic heterocycles. The van der Waals surface area contributed by atoms with Crippen LogP contribution >= 0.6 is 11.6 Å². The van der Waals surface area contributed by atoms with Gasteiger partial charge in [-0.15, -0.1) is 0 Å². The van der Waals surface area contributed by atoms with Gasteiger partial charge < -0.3 is 19.5 Å². The molecule has 0 fully saturated rings. The summed E-state index contributed by atoms with van der Waals surface area (Å²) >= 11 is 5.93. The molecule has 5 nitrogen and oxygen atoms in total. The molecule has 0 saturated carbocycles.